The van der Waals surface area contributed by atoms with E-state index < -0.39 is 0 Å². The largest absolute Gasteiger partial charge is 0.496 e. The Morgan fingerprint density at radius 1 is 0.489 bits per heavy atom. The first-order valence-electron chi connectivity index (χ1n) is 30.3. The van der Waals surface area contributed by atoms with Gasteiger partial charge >= 0.3 is 12.0 Å². The summed E-state index contributed by atoms with van der Waals surface area (Å²) in [5, 5.41) is 7.98. The first-order chi connectivity index (χ1) is 43.8. The summed E-state index contributed by atoms with van der Waals surface area (Å²) in [6, 6.07) is 46.7. The van der Waals surface area contributed by atoms with Crippen molar-refractivity contribution in [3.8, 4) is 29.3 Å². The molecule has 0 spiro atoms. The molecular formula is C70H85N15O5. The summed E-state index contributed by atoms with van der Waals surface area (Å²) in [5.41, 5.74) is 33.2. The number of hydrazine groups is 1. The molecular weight excluding hydrogens is 1130 g/mol. The molecule has 470 valence electrons. The number of rotatable bonds is 20. The van der Waals surface area contributed by atoms with E-state index in [1.165, 1.54) is 21.7 Å². The Balaban J connectivity index is 0.000000161. The molecule has 0 atom stereocenters. The van der Waals surface area contributed by atoms with E-state index in [-0.39, 0.29) is 6.01 Å². The number of benzene rings is 6. The van der Waals surface area contributed by atoms with Crippen LogP contribution in [0.5, 0.6) is 29.3 Å². The number of ether oxygens (including phenoxy) is 5. The van der Waals surface area contributed by atoms with Crippen molar-refractivity contribution in [1.82, 2.24) is 39.5 Å². The van der Waals surface area contributed by atoms with Gasteiger partial charge in [0.15, 0.2) is 0 Å². The van der Waals surface area contributed by atoms with Gasteiger partial charge in [-0.3, -0.25) is 19.7 Å². The van der Waals surface area contributed by atoms with Gasteiger partial charge in [-0.05, 0) is 114 Å². The van der Waals surface area contributed by atoms with Crippen molar-refractivity contribution in [3.05, 3.63) is 233 Å². The number of nitrogens with one attached hydrogen (secondary N) is 2. The monoisotopic (exact) mass is 1220 g/mol. The van der Waals surface area contributed by atoms with Gasteiger partial charge in [0.25, 0.3) is 0 Å². The molecule has 3 aliphatic rings. The number of methoxy groups -OCH3 is 1. The zero-order chi connectivity index (χ0) is 63.0. The molecule has 0 amide bonds. The number of morpholine rings is 2. The predicted octanol–water partition coefficient (Wildman–Crippen LogP) is 9.95. The van der Waals surface area contributed by atoms with Gasteiger partial charge in [-0.25, -0.2) is 25.8 Å². The summed E-state index contributed by atoms with van der Waals surface area (Å²) in [6.45, 7) is 20.3. The molecule has 8 aromatic rings. The molecule has 90 heavy (non-hydrogen) atoms. The van der Waals surface area contributed by atoms with E-state index in [0.29, 0.717) is 34.6 Å². The van der Waals surface area contributed by atoms with Gasteiger partial charge in [-0.2, -0.15) is 0 Å². The number of nitrogens with zero attached hydrogens (tertiary/aromatic N) is 9. The maximum atomic E-state index is 6.38. The van der Waals surface area contributed by atoms with Crippen LogP contribution < -0.4 is 52.9 Å². The van der Waals surface area contributed by atoms with E-state index in [0.717, 1.165) is 155 Å². The van der Waals surface area contributed by atoms with Gasteiger partial charge in [-0.15, -0.1) is 0 Å². The molecule has 3 saturated heterocycles. The van der Waals surface area contributed by atoms with Crippen LogP contribution in [0.2, 0.25) is 0 Å². The molecule has 6 aromatic carbocycles. The van der Waals surface area contributed by atoms with Crippen molar-refractivity contribution in [3.63, 3.8) is 0 Å². The molecule has 5 heterocycles. The topological polar surface area (TPSA) is 242 Å². The van der Waals surface area contributed by atoms with E-state index >= 15 is 0 Å². The summed E-state index contributed by atoms with van der Waals surface area (Å²) in [4.78, 5) is 26.1. The van der Waals surface area contributed by atoms with Crippen LogP contribution in [0.3, 0.4) is 0 Å². The predicted molar refractivity (Wildman–Crippen MR) is 359 cm³/mol. The molecule has 10 N–H and O–H groups in total. The van der Waals surface area contributed by atoms with Gasteiger partial charge in [0.05, 0.1) is 56.3 Å². The number of hydrogen-bond donors (Lipinski definition) is 6. The van der Waals surface area contributed by atoms with Crippen molar-refractivity contribution >= 4 is 34.2 Å². The van der Waals surface area contributed by atoms with Crippen LogP contribution in [-0.2, 0) is 29.1 Å². The van der Waals surface area contributed by atoms with Crippen LogP contribution in [0.25, 0.3) is 17.1 Å². The molecule has 3 fully saturated rings. The Morgan fingerprint density at radius 2 is 0.933 bits per heavy atom. The Labute approximate surface area is 529 Å². The minimum atomic E-state index is 0.281. The summed E-state index contributed by atoms with van der Waals surface area (Å²) in [6.07, 6.45) is 11.9. The van der Waals surface area contributed by atoms with Crippen molar-refractivity contribution < 1.29 is 23.7 Å². The highest BCUT2D eigenvalue weighted by Crippen LogP contribution is 2.30. The van der Waals surface area contributed by atoms with Crippen molar-refractivity contribution in [1.29, 1.82) is 0 Å². The summed E-state index contributed by atoms with van der Waals surface area (Å²) < 4.78 is 27.8. The molecule has 0 aliphatic carbocycles. The number of aromatic nitrogens is 4. The van der Waals surface area contributed by atoms with E-state index in [9.17, 15) is 0 Å². The molecule has 0 saturated carbocycles. The lowest BCUT2D eigenvalue weighted by atomic mass is 10.1. The van der Waals surface area contributed by atoms with Gasteiger partial charge in [0, 0.05) is 145 Å². The van der Waals surface area contributed by atoms with Crippen LogP contribution in [0.4, 0.5) is 17.1 Å². The summed E-state index contributed by atoms with van der Waals surface area (Å²) >= 11 is 0. The van der Waals surface area contributed by atoms with Crippen LogP contribution in [0, 0.1) is 20.8 Å². The van der Waals surface area contributed by atoms with E-state index in [1.807, 2.05) is 93.7 Å². The zero-order valence-electron chi connectivity index (χ0n) is 52.3. The third-order valence-corrected chi connectivity index (χ3v) is 15.5. The lowest BCUT2D eigenvalue weighted by molar-refractivity contribution is 0.0341. The zero-order valence-corrected chi connectivity index (χ0v) is 52.3. The van der Waals surface area contributed by atoms with Crippen LogP contribution in [0.15, 0.2) is 183 Å². The maximum absolute atomic E-state index is 6.38. The quantitative estimate of drug-likeness (QED) is 0.0307. The fourth-order valence-electron chi connectivity index (χ4n) is 9.98. The number of nitrogens with two attached hydrogens (primary N) is 4. The normalized spacial score (nSPS) is 15.3. The fraction of sp³-hybridized carbons (Fsp3) is 0.286. The average molecular weight is 1220 g/mol. The number of aryl methyl sites for hydroxylation is 3. The summed E-state index contributed by atoms with van der Waals surface area (Å²) in [5.74, 6) is 8.48. The number of anilines is 3. The minimum Gasteiger partial charge on any atom is -0.496 e. The number of hydrogen-bond acceptors (Lipinski definition) is 20. The van der Waals surface area contributed by atoms with E-state index in [4.69, 9.17) is 46.7 Å². The maximum Gasteiger partial charge on any atom is 0.321 e. The third-order valence-electron chi connectivity index (χ3n) is 15.5. The highest BCUT2D eigenvalue weighted by atomic mass is 16.5. The smallest absolute Gasteiger partial charge is 0.321 e. The van der Waals surface area contributed by atoms with Crippen LogP contribution >= 0.6 is 0 Å². The van der Waals surface area contributed by atoms with Crippen LogP contribution in [0.1, 0.15) is 50.1 Å². The van der Waals surface area contributed by atoms with Gasteiger partial charge in [0.2, 0.25) is 0 Å². The molecule has 0 radical (unpaired) electrons. The molecule has 3 aliphatic heterocycles. The Hall–Kier alpha value is -9.38. The second-order valence-electron chi connectivity index (χ2n) is 22.3. The van der Waals surface area contributed by atoms with Crippen molar-refractivity contribution in [2.45, 2.75) is 40.4 Å². The van der Waals surface area contributed by atoms with Crippen molar-refractivity contribution in [2.75, 3.05) is 109 Å². The second-order valence-corrected chi connectivity index (χ2v) is 22.3. The summed E-state index contributed by atoms with van der Waals surface area (Å²) in [7, 11) is 3.86. The SMILES string of the molecule is COc1cc(N/C=C(\N)c2ccc(CN3CCN(C)CC3)cc2)ccc1C.Cc1ccc(N(N)/C=C(\N)c2cccc(CN3CCOCC3)c2)cc1Oc1ncccn1.Cc1ccc(N/C=C(\N)c2ccc(CN3CCOCC3)cc2)cc1Oc1ncccn1. The van der Waals surface area contributed by atoms with Gasteiger partial charge < -0.3 is 56.4 Å². The first-order valence-corrected chi connectivity index (χ1v) is 30.3. The number of piperazine rings is 1. The Kier molecular flexibility index (Phi) is 24.1. The highest BCUT2D eigenvalue weighted by Gasteiger charge is 2.16. The second kappa shape index (κ2) is 33.3. The molecule has 0 bridgehead atoms. The third kappa shape index (κ3) is 20.1. The molecule has 2 aromatic heterocycles. The van der Waals surface area contributed by atoms with E-state index in [1.54, 1.807) is 56.4 Å². The standard InChI is InChI=1S/C24H28N6O2.C24H27N5O2.C22H30N4O/c1-18-6-7-21(15-23(18)32-24-27-8-3-9-28-24)30(26)17-22(25)20-5-2-4-19(14-20)16-29-10-12-31-13-11-29;1-18-3-8-21(15-23(18)31-24-26-9-2-10-27-24)28-16-22(25)20-6-4-19(5-7-20)17-29-11-13-30-14-12-29;1-17-4-9-20(14-22(17)27-3)24-15-21(23)19-7-5-18(6-8-19)16-26-12-10-25(2)11-13-26/h2-9,14-15,17H,10-13,16,25-26H2,1H3;2-10,15-16,28H,11-14,17,25H2,1H3;4-9,14-15,24H,10-13,16,23H2,1-3H3/b22-17-;22-16-;21-15-. The van der Waals surface area contributed by atoms with Gasteiger partial charge in [-0.1, -0.05) is 84.9 Å². The Morgan fingerprint density at radius 3 is 1.43 bits per heavy atom. The number of likely N-dealkylation sites (N-methyl/N-ethyl adjacent to an activating group) is 1. The lowest BCUT2D eigenvalue weighted by Gasteiger charge is -2.32. The lowest BCUT2D eigenvalue weighted by Crippen LogP contribution is -2.43. The molecule has 0 unspecified atom stereocenters. The molecule has 11 rings (SSSR count). The minimum absolute atomic E-state index is 0.281. The Bertz CT molecular complexity index is 3610. The highest BCUT2D eigenvalue weighted by molar-refractivity contribution is 5.69. The fourth-order valence-corrected chi connectivity index (χ4v) is 9.98. The average Bonchev–Trinajstić information content (AvgIpc) is 3.43. The molecule has 20 nitrogen and oxygen atoms in total. The van der Waals surface area contributed by atoms with Gasteiger partial charge in [0.1, 0.15) is 17.2 Å². The van der Waals surface area contributed by atoms with Crippen molar-refractivity contribution in [2.24, 2.45) is 23.0 Å². The first kappa shape index (κ1) is 65.1. The van der Waals surface area contributed by atoms with Crippen LogP contribution in [-0.4, -0.2) is 132 Å². The molecule has 20 heteroatoms. The van der Waals surface area contributed by atoms with E-state index in [2.05, 4.69) is 118 Å².